The van der Waals surface area contributed by atoms with E-state index < -0.39 is 43.2 Å². The van der Waals surface area contributed by atoms with Crippen molar-refractivity contribution in [3.05, 3.63) is 169 Å². The normalized spacial score (nSPS) is 11.4. The molecule has 0 aliphatic heterocycles. The second-order valence-electron chi connectivity index (χ2n) is 22.0. The topological polar surface area (TPSA) is 263 Å². The molecule has 0 radical (unpaired) electrons. The van der Waals surface area contributed by atoms with Crippen LogP contribution >= 0.6 is 47.1 Å². The van der Waals surface area contributed by atoms with Crippen molar-refractivity contribution in [2.75, 3.05) is 21.7 Å². The van der Waals surface area contributed by atoms with Gasteiger partial charge in [0.15, 0.2) is 5.11 Å². The number of nitrogens with zero attached hydrogens (tertiary/aromatic N) is 3. The van der Waals surface area contributed by atoms with E-state index in [4.69, 9.17) is 18.0 Å². The van der Waals surface area contributed by atoms with Crippen molar-refractivity contribution in [3.63, 3.8) is 0 Å². The number of aliphatic imine (C=N–C) groups is 1. The van der Waals surface area contributed by atoms with Crippen LogP contribution in [-0.2, 0) is 33.1 Å². The molecule has 0 saturated heterocycles. The number of sulfonamides is 2. The van der Waals surface area contributed by atoms with E-state index in [1.54, 1.807) is 90.3 Å². The zero-order chi connectivity index (χ0) is 62.8. The van der Waals surface area contributed by atoms with Gasteiger partial charge >= 0.3 is 12.1 Å². The molecule has 0 aliphatic carbocycles. The van der Waals surface area contributed by atoms with E-state index in [1.807, 2.05) is 125 Å². The Hall–Kier alpha value is -7.77. The fourth-order valence-electron chi connectivity index (χ4n) is 7.80. The summed E-state index contributed by atoms with van der Waals surface area (Å²) in [5.41, 5.74) is 11.2. The van der Waals surface area contributed by atoms with Crippen LogP contribution in [-0.4, -0.2) is 72.3 Å². The van der Waals surface area contributed by atoms with Crippen molar-refractivity contribution in [3.8, 4) is 42.0 Å². The number of hydrogen-bond donors (Lipinski definition) is 9. The molecular formula is C62H72N12O6S6. The number of isothiocyanates is 1. The second-order valence-corrected chi connectivity index (χ2v) is 28.0. The summed E-state index contributed by atoms with van der Waals surface area (Å²) in [5, 5.41) is 21.7. The van der Waals surface area contributed by atoms with Gasteiger partial charge in [0.2, 0.25) is 20.0 Å². The van der Waals surface area contributed by atoms with Gasteiger partial charge in [0.05, 0.1) is 30.7 Å². The molecule has 0 atom stereocenters. The Morgan fingerprint density at radius 2 is 0.977 bits per heavy atom. The van der Waals surface area contributed by atoms with Crippen molar-refractivity contribution in [2.45, 2.75) is 115 Å². The molecule has 2 aromatic heterocycles. The molecule has 18 nitrogen and oxygen atoms in total. The molecule has 6 aromatic carbocycles. The minimum Gasteiger partial charge on any atom is -0.399 e. The number of thiazole rings is 2. The molecule has 0 spiro atoms. The van der Waals surface area contributed by atoms with Gasteiger partial charge in [-0.1, -0.05) is 72.8 Å². The lowest BCUT2D eigenvalue weighted by Gasteiger charge is -2.22. The summed E-state index contributed by atoms with van der Waals surface area (Å²) in [4.78, 5) is 39.3. The van der Waals surface area contributed by atoms with Crippen molar-refractivity contribution in [2.24, 2.45) is 4.99 Å². The first-order valence-electron chi connectivity index (χ1n) is 27.1. The fourth-order valence-corrected chi connectivity index (χ4v) is 13.7. The average molecular weight is 1270 g/mol. The molecule has 2 heterocycles. The van der Waals surface area contributed by atoms with Crippen molar-refractivity contribution in [1.82, 2.24) is 35.4 Å². The van der Waals surface area contributed by atoms with Crippen LogP contribution < -0.4 is 47.1 Å². The Labute approximate surface area is 523 Å². The summed E-state index contributed by atoms with van der Waals surface area (Å²) >= 11 is 12.4. The molecule has 8 rings (SSSR count). The number of nitrogen functional groups attached to an aromatic ring is 1. The highest BCUT2D eigenvalue weighted by Gasteiger charge is 2.29. The first kappa shape index (κ1) is 67.4. The predicted molar refractivity (Wildman–Crippen MR) is 360 cm³/mol. The summed E-state index contributed by atoms with van der Waals surface area (Å²) in [6.07, 6.45) is 3.32. The highest BCUT2D eigenvalue weighted by atomic mass is 32.2. The third kappa shape index (κ3) is 21.6. The fraction of sp³-hybridized carbons (Fsp3) is 0.258. The largest absolute Gasteiger partial charge is 0.399 e. The van der Waals surface area contributed by atoms with E-state index in [2.05, 4.69) is 73.7 Å². The Bertz CT molecular complexity index is 3860. The van der Waals surface area contributed by atoms with Crippen LogP contribution in [0.15, 0.2) is 173 Å². The summed E-state index contributed by atoms with van der Waals surface area (Å²) < 4.78 is 59.5. The van der Waals surface area contributed by atoms with Gasteiger partial charge in [0.1, 0.15) is 10.0 Å². The number of benzene rings is 6. The van der Waals surface area contributed by atoms with Crippen LogP contribution in [0.1, 0.15) is 80.4 Å². The number of anilines is 4. The third-order valence-corrected chi connectivity index (χ3v) is 17.4. The summed E-state index contributed by atoms with van der Waals surface area (Å²) in [7, 11) is -7.89. The molecule has 0 unspecified atom stereocenters. The number of urea groups is 2. The number of carbonyl (C=O) groups excluding carboxylic acids is 2. The molecule has 0 fully saturated rings. The van der Waals surface area contributed by atoms with Crippen LogP contribution in [0.2, 0.25) is 0 Å². The van der Waals surface area contributed by atoms with E-state index in [0.717, 1.165) is 38.0 Å². The molecule has 86 heavy (non-hydrogen) atoms. The number of thiocarbonyl (C=S) groups is 2. The lowest BCUT2D eigenvalue weighted by atomic mass is 10.1. The lowest BCUT2D eigenvalue weighted by molar-refractivity contribution is 0.251. The minimum absolute atomic E-state index is 0.0456. The van der Waals surface area contributed by atoms with Crippen LogP contribution in [0.4, 0.5) is 32.3 Å². The number of nitrogens with two attached hydrogens (primary N) is 1. The van der Waals surface area contributed by atoms with Crippen molar-refractivity contribution in [1.29, 1.82) is 0 Å². The van der Waals surface area contributed by atoms with Crippen molar-refractivity contribution < 1.29 is 26.4 Å². The van der Waals surface area contributed by atoms with E-state index >= 15 is 0 Å². The number of rotatable bonds is 17. The lowest BCUT2D eigenvalue weighted by Crippen LogP contribution is -2.40. The maximum atomic E-state index is 13.6. The number of aromatic nitrogens is 2. The van der Waals surface area contributed by atoms with Gasteiger partial charge < -0.3 is 37.6 Å². The maximum absolute atomic E-state index is 13.6. The predicted octanol–water partition coefficient (Wildman–Crippen LogP) is 13.5. The Morgan fingerprint density at radius 1 is 0.581 bits per heavy atom. The first-order valence-corrected chi connectivity index (χ1v) is 32.5. The Kier molecular flexibility index (Phi) is 23.9. The van der Waals surface area contributed by atoms with Crippen molar-refractivity contribution >= 4 is 112 Å². The van der Waals surface area contributed by atoms with Crippen LogP contribution in [0.25, 0.3) is 42.0 Å². The Morgan fingerprint density at radius 3 is 1.34 bits per heavy atom. The zero-order valence-corrected chi connectivity index (χ0v) is 54.3. The van der Waals surface area contributed by atoms with Crippen LogP contribution in [0.3, 0.4) is 0 Å². The highest BCUT2D eigenvalue weighted by Crippen LogP contribution is 2.39. The van der Waals surface area contributed by atoms with Gasteiger partial charge in [-0.3, -0.25) is 0 Å². The van der Waals surface area contributed by atoms with Gasteiger partial charge in [-0.15, -0.1) is 22.7 Å². The van der Waals surface area contributed by atoms with Gasteiger partial charge in [0, 0.05) is 87.6 Å². The summed E-state index contributed by atoms with van der Waals surface area (Å²) in [6.45, 7) is 19.3. The van der Waals surface area contributed by atoms with Crippen LogP contribution in [0.5, 0.6) is 0 Å². The molecule has 0 saturated carbocycles. The number of carbonyl (C=O) groups is 2. The number of amides is 4. The van der Waals surface area contributed by atoms with Gasteiger partial charge in [-0.25, -0.2) is 50.8 Å². The zero-order valence-electron chi connectivity index (χ0n) is 49.4. The molecular weight excluding hydrogens is 1200 g/mol. The number of nitrogens with one attached hydrogen (secondary N) is 8. The standard InChI is InChI=1S/C31H36N6O3S3.C27H29N5O3S2.C4H7NS/c1-20(2)34-30(41)36-23-13-11-22(12-14-23)28-32-19-26(42-28)25-16-15-24(17-27(25)43(39,40)37-31(3,4)5)35-29(38)33-18-21-9-7-6-8-10-21;1-27(2,3)32-37(34,35)24-15-21(31-26(33)30-16-18-7-5-4-6-8-18)13-14-22(24)23-17-29-25(36-23)19-9-11-20(28)12-10-19;1-4(2)5-3-6/h6-17,19-20,37H,18H2,1-5H3,(H2,33,35,38)(H2,34,36,41);4-15,17,32H,16,28H2,1-3H3,(H2,30,31,33);4H,1-2H3. The maximum Gasteiger partial charge on any atom is 0.319 e. The molecule has 0 bridgehead atoms. The molecule has 24 heteroatoms. The van der Waals surface area contributed by atoms with Gasteiger partial charge in [-0.2, -0.15) is 0 Å². The highest BCUT2D eigenvalue weighted by molar-refractivity contribution is 7.90. The summed E-state index contributed by atoms with van der Waals surface area (Å²) in [6, 6.07) is 43.4. The SMILES string of the molecule is CC(C)(C)NS(=O)(=O)c1cc(NC(=O)NCc2ccccc2)ccc1-c1cnc(-c2ccc(N)cc2)s1.CC(C)N=C=S.CC(C)NC(=S)Nc1ccc(-c2ncc(-c3ccc(NC(=O)NCc4ccccc4)cc3S(=O)(=O)NC(C)(C)C)s2)cc1. The first-order chi connectivity index (χ1) is 40.6. The molecule has 8 aromatic rings. The molecule has 4 amide bonds. The minimum atomic E-state index is -3.96. The third-order valence-electron chi connectivity index (χ3n) is 11.4. The molecule has 452 valence electrons. The van der Waals surface area contributed by atoms with E-state index in [1.165, 1.54) is 34.8 Å². The monoisotopic (exact) mass is 1270 g/mol. The van der Waals surface area contributed by atoms with Gasteiger partial charge in [-0.05, 0) is 178 Å². The van der Waals surface area contributed by atoms with E-state index in [0.29, 0.717) is 62.2 Å². The van der Waals surface area contributed by atoms with E-state index in [-0.39, 0.29) is 15.8 Å². The average Bonchev–Trinajstić information content (AvgIpc) is 2.00. The quantitative estimate of drug-likeness (QED) is 0.0234. The second kappa shape index (κ2) is 30.5. The number of hydrogen-bond acceptors (Lipinski definition) is 14. The van der Waals surface area contributed by atoms with E-state index in [9.17, 15) is 26.4 Å². The summed E-state index contributed by atoms with van der Waals surface area (Å²) in [5.74, 6) is 0. The van der Waals surface area contributed by atoms with Crippen LogP contribution in [0, 0.1) is 0 Å². The smallest absolute Gasteiger partial charge is 0.319 e. The molecule has 10 N–H and O–H groups in total. The molecule has 0 aliphatic rings. The van der Waals surface area contributed by atoms with Gasteiger partial charge in [0.25, 0.3) is 0 Å². The Balaban J connectivity index is 0.000000253.